The molecule has 106 valence electrons. The maximum absolute atomic E-state index is 5.85. The van der Waals surface area contributed by atoms with Crippen LogP contribution in [0.3, 0.4) is 0 Å². The Labute approximate surface area is 121 Å². The largest absolute Gasteiger partial charge is 0.497 e. The smallest absolute Gasteiger partial charge is 0.118 e. The van der Waals surface area contributed by atoms with E-state index in [-0.39, 0.29) is 0 Å². The molecule has 0 radical (unpaired) electrons. The van der Waals surface area contributed by atoms with Gasteiger partial charge in [0.05, 0.1) is 7.11 Å². The zero-order chi connectivity index (χ0) is 14.5. The number of hydrogen-bond acceptors (Lipinski definition) is 3. The van der Waals surface area contributed by atoms with E-state index in [0.717, 1.165) is 12.3 Å². The van der Waals surface area contributed by atoms with Crippen molar-refractivity contribution in [2.45, 2.75) is 20.0 Å². The summed E-state index contributed by atoms with van der Waals surface area (Å²) in [4.78, 5) is 2.25. The van der Waals surface area contributed by atoms with Gasteiger partial charge >= 0.3 is 0 Å². The van der Waals surface area contributed by atoms with Crippen LogP contribution in [0.1, 0.15) is 16.7 Å². The molecular formula is C17H22N2O. The van der Waals surface area contributed by atoms with Crippen LogP contribution in [-0.2, 0) is 13.1 Å². The van der Waals surface area contributed by atoms with Gasteiger partial charge < -0.3 is 15.4 Å². The fourth-order valence-corrected chi connectivity index (χ4v) is 2.51. The number of nitrogens with zero attached hydrogens (tertiary/aromatic N) is 1. The van der Waals surface area contributed by atoms with Gasteiger partial charge in [0.25, 0.3) is 0 Å². The average molecular weight is 270 g/mol. The van der Waals surface area contributed by atoms with Crippen molar-refractivity contribution in [2.24, 2.45) is 5.73 Å². The number of methoxy groups -OCH3 is 1. The van der Waals surface area contributed by atoms with E-state index >= 15 is 0 Å². The fourth-order valence-electron chi connectivity index (χ4n) is 2.51. The van der Waals surface area contributed by atoms with Crippen LogP contribution < -0.4 is 15.4 Å². The second kappa shape index (κ2) is 6.44. The lowest BCUT2D eigenvalue weighted by molar-refractivity contribution is 0.414. The van der Waals surface area contributed by atoms with E-state index in [0.29, 0.717) is 6.54 Å². The number of benzene rings is 2. The van der Waals surface area contributed by atoms with Crippen LogP contribution in [0.2, 0.25) is 0 Å². The molecule has 3 heteroatoms. The summed E-state index contributed by atoms with van der Waals surface area (Å²) in [5, 5.41) is 0. The van der Waals surface area contributed by atoms with Crippen LogP contribution in [0.4, 0.5) is 5.69 Å². The Bertz CT molecular complexity index is 564. The maximum atomic E-state index is 5.85. The minimum absolute atomic E-state index is 0.559. The first-order valence-electron chi connectivity index (χ1n) is 6.78. The summed E-state index contributed by atoms with van der Waals surface area (Å²) in [6, 6.07) is 14.4. The maximum Gasteiger partial charge on any atom is 0.118 e. The average Bonchev–Trinajstić information content (AvgIpc) is 2.47. The van der Waals surface area contributed by atoms with Crippen LogP contribution in [0.15, 0.2) is 42.5 Å². The van der Waals surface area contributed by atoms with E-state index in [1.54, 1.807) is 7.11 Å². The Morgan fingerprint density at radius 2 is 1.80 bits per heavy atom. The van der Waals surface area contributed by atoms with Crippen molar-refractivity contribution in [3.63, 3.8) is 0 Å². The predicted molar refractivity (Wildman–Crippen MR) is 84.2 cm³/mol. The van der Waals surface area contributed by atoms with E-state index in [2.05, 4.69) is 49.2 Å². The van der Waals surface area contributed by atoms with Gasteiger partial charge in [-0.15, -0.1) is 0 Å². The van der Waals surface area contributed by atoms with Gasteiger partial charge in [0.15, 0.2) is 0 Å². The van der Waals surface area contributed by atoms with Crippen LogP contribution in [0.5, 0.6) is 5.75 Å². The van der Waals surface area contributed by atoms with E-state index in [9.17, 15) is 0 Å². The Morgan fingerprint density at radius 1 is 1.10 bits per heavy atom. The number of hydrogen-bond donors (Lipinski definition) is 1. The molecule has 0 saturated heterocycles. The first-order chi connectivity index (χ1) is 9.65. The third kappa shape index (κ3) is 3.11. The van der Waals surface area contributed by atoms with Crippen molar-refractivity contribution in [3.8, 4) is 5.75 Å². The van der Waals surface area contributed by atoms with Crippen molar-refractivity contribution in [3.05, 3.63) is 59.2 Å². The minimum Gasteiger partial charge on any atom is -0.497 e. The summed E-state index contributed by atoms with van der Waals surface area (Å²) in [5.74, 6) is 0.884. The normalized spacial score (nSPS) is 10.4. The molecule has 3 nitrogen and oxygen atoms in total. The van der Waals surface area contributed by atoms with E-state index < -0.39 is 0 Å². The van der Waals surface area contributed by atoms with Gasteiger partial charge in [-0.1, -0.05) is 30.3 Å². The fraction of sp³-hybridized carbons (Fsp3) is 0.294. The molecule has 0 aliphatic rings. The molecule has 0 amide bonds. The molecule has 20 heavy (non-hydrogen) atoms. The highest BCUT2D eigenvalue weighted by atomic mass is 16.5. The molecule has 0 aromatic heterocycles. The Kier molecular flexibility index (Phi) is 4.64. The lowest BCUT2D eigenvalue weighted by atomic mass is 10.1. The molecule has 2 aromatic rings. The van der Waals surface area contributed by atoms with E-state index in [1.165, 1.54) is 22.4 Å². The quantitative estimate of drug-likeness (QED) is 0.907. The van der Waals surface area contributed by atoms with Crippen molar-refractivity contribution in [2.75, 3.05) is 19.1 Å². The third-order valence-electron chi connectivity index (χ3n) is 3.50. The summed E-state index contributed by atoms with van der Waals surface area (Å²) >= 11 is 0. The molecule has 0 heterocycles. The number of para-hydroxylation sites is 1. The van der Waals surface area contributed by atoms with Gasteiger partial charge in [-0.3, -0.25) is 0 Å². The van der Waals surface area contributed by atoms with E-state index in [4.69, 9.17) is 10.5 Å². The van der Waals surface area contributed by atoms with Crippen molar-refractivity contribution in [1.82, 2.24) is 0 Å². The Balaban J connectivity index is 2.21. The molecule has 0 bridgehead atoms. The van der Waals surface area contributed by atoms with E-state index in [1.807, 2.05) is 12.1 Å². The third-order valence-corrected chi connectivity index (χ3v) is 3.50. The van der Waals surface area contributed by atoms with Gasteiger partial charge in [-0.05, 0) is 35.7 Å². The zero-order valence-electron chi connectivity index (χ0n) is 12.4. The lowest BCUT2D eigenvalue weighted by Gasteiger charge is -2.24. The Morgan fingerprint density at radius 3 is 2.40 bits per heavy atom. The highest BCUT2D eigenvalue weighted by Gasteiger charge is 2.10. The number of ether oxygens (including phenoxy) is 1. The summed E-state index contributed by atoms with van der Waals surface area (Å²) in [5.41, 5.74) is 10.8. The SMILES string of the molecule is COc1ccc(CN(C)c2c(C)cccc2CN)cc1. The first-order valence-corrected chi connectivity index (χ1v) is 6.78. The summed E-state index contributed by atoms with van der Waals surface area (Å²) in [6.07, 6.45) is 0. The molecule has 2 N–H and O–H groups in total. The van der Waals surface area contributed by atoms with Crippen LogP contribution in [0, 0.1) is 6.92 Å². The number of rotatable bonds is 5. The second-order valence-corrected chi connectivity index (χ2v) is 4.99. The minimum atomic E-state index is 0.559. The standard InChI is InChI=1S/C17H22N2O/c1-13-5-4-6-15(11-18)17(13)19(2)12-14-7-9-16(20-3)10-8-14/h4-10H,11-12,18H2,1-3H3. The first kappa shape index (κ1) is 14.4. The van der Waals surface area contributed by atoms with Crippen LogP contribution in [-0.4, -0.2) is 14.2 Å². The zero-order valence-corrected chi connectivity index (χ0v) is 12.4. The van der Waals surface area contributed by atoms with Gasteiger partial charge in [0.1, 0.15) is 5.75 Å². The van der Waals surface area contributed by atoms with Crippen LogP contribution in [0.25, 0.3) is 0 Å². The Hall–Kier alpha value is -2.00. The predicted octanol–water partition coefficient (Wildman–Crippen LogP) is 3.10. The topological polar surface area (TPSA) is 38.5 Å². The van der Waals surface area contributed by atoms with Crippen molar-refractivity contribution >= 4 is 5.69 Å². The monoisotopic (exact) mass is 270 g/mol. The van der Waals surface area contributed by atoms with Crippen molar-refractivity contribution in [1.29, 1.82) is 0 Å². The highest BCUT2D eigenvalue weighted by Crippen LogP contribution is 2.25. The molecule has 2 rings (SSSR count). The van der Waals surface area contributed by atoms with Gasteiger partial charge in [0, 0.05) is 25.8 Å². The van der Waals surface area contributed by atoms with Crippen molar-refractivity contribution < 1.29 is 4.74 Å². The molecule has 0 aliphatic carbocycles. The highest BCUT2D eigenvalue weighted by molar-refractivity contribution is 5.59. The summed E-state index contributed by atoms with van der Waals surface area (Å²) in [7, 11) is 3.79. The molecule has 0 fully saturated rings. The molecule has 0 atom stereocenters. The van der Waals surface area contributed by atoms with Gasteiger partial charge in [0.2, 0.25) is 0 Å². The number of nitrogens with two attached hydrogens (primary N) is 1. The molecule has 0 aliphatic heterocycles. The summed E-state index contributed by atoms with van der Waals surface area (Å²) in [6.45, 7) is 3.53. The molecule has 2 aromatic carbocycles. The summed E-state index contributed by atoms with van der Waals surface area (Å²) < 4.78 is 5.18. The molecule has 0 unspecified atom stereocenters. The second-order valence-electron chi connectivity index (χ2n) is 4.99. The van der Waals surface area contributed by atoms with Gasteiger partial charge in [-0.2, -0.15) is 0 Å². The lowest BCUT2D eigenvalue weighted by Crippen LogP contribution is -2.20. The number of anilines is 1. The van der Waals surface area contributed by atoms with Gasteiger partial charge in [-0.25, -0.2) is 0 Å². The van der Waals surface area contributed by atoms with Crippen LogP contribution >= 0.6 is 0 Å². The molecule has 0 saturated carbocycles. The molecular weight excluding hydrogens is 248 g/mol. The molecule has 0 spiro atoms. The number of aryl methyl sites for hydroxylation is 1.